The fourth-order valence-electron chi connectivity index (χ4n) is 2.53. The van der Waals surface area contributed by atoms with E-state index in [-0.39, 0.29) is 6.61 Å². The number of aliphatic hydroxyl groups is 1. The van der Waals surface area contributed by atoms with Gasteiger partial charge in [-0.05, 0) is 44.1 Å². The molecule has 6 heteroatoms. The van der Waals surface area contributed by atoms with Gasteiger partial charge in [-0.3, -0.25) is 0 Å². The second-order valence-electron chi connectivity index (χ2n) is 5.33. The molecule has 1 heterocycles. The first-order valence-electron chi connectivity index (χ1n) is 7.43. The number of likely N-dealkylation sites (tertiary alicyclic amines) is 1. The molecular formula is C16H23NO5. The van der Waals surface area contributed by atoms with Crippen LogP contribution in [0.4, 0.5) is 0 Å². The van der Waals surface area contributed by atoms with Crippen molar-refractivity contribution in [1.29, 1.82) is 0 Å². The van der Waals surface area contributed by atoms with E-state index in [9.17, 15) is 9.90 Å². The number of benzene rings is 1. The fraction of sp³-hybridized carbons (Fsp3) is 0.562. The molecular weight excluding hydrogens is 286 g/mol. The number of methoxy groups -OCH3 is 2. The largest absolute Gasteiger partial charge is 0.493 e. The summed E-state index contributed by atoms with van der Waals surface area (Å²) < 4.78 is 15.5. The molecule has 0 aromatic heterocycles. The summed E-state index contributed by atoms with van der Waals surface area (Å²) >= 11 is 0. The van der Waals surface area contributed by atoms with E-state index >= 15 is 0 Å². The highest BCUT2D eigenvalue weighted by atomic mass is 16.5. The second kappa shape index (κ2) is 8.00. The number of rotatable bonds is 7. The number of esters is 1. The summed E-state index contributed by atoms with van der Waals surface area (Å²) in [4.78, 5) is 13.7. The van der Waals surface area contributed by atoms with Crippen LogP contribution in [0, 0.1) is 0 Å². The van der Waals surface area contributed by atoms with E-state index in [1.54, 1.807) is 18.2 Å². The van der Waals surface area contributed by atoms with Crippen molar-refractivity contribution in [2.75, 3.05) is 40.5 Å². The molecule has 0 amide bonds. The van der Waals surface area contributed by atoms with E-state index < -0.39 is 12.1 Å². The van der Waals surface area contributed by atoms with E-state index in [1.165, 1.54) is 27.1 Å². The van der Waals surface area contributed by atoms with Crippen LogP contribution in [0.25, 0.3) is 0 Å². The Morgan fingerprint density at radius 2 is 2.00 bits per heavy atom. The number of carbonyl (C=O) groups excluding carboxylic acids is 1. The summed E-state index contributed by atoms with van der Waals surface area (Å²) in [6.45, 7) is 2.87. The van der Waals surface area contributed by atoms with E-state index in [2.05, 4.69) is 9.64 Å². The maximum absolute atomic E-state index is 11.5. The normalized spacial score (nSPS) is 16.3. The highest BCUT2D eigenvalue weighted by Gasteiger charge is 2.17. The third kappa shape index (κ3) is 4.35. The van der Waals surface area contributed by atoms with E-state index in [0.717, 1.165) is 13.1 Å². The number of carbonyl (C=O) groups is 1. The Morgan fingerprint density at radius 1 is 1.27 bits per heavy atom. The van der Waals surface area contributed by atoms with Crippen LogP contribution in [0.15, 0.2) is 18.2 Å². The maximum Gasteiger partial charge on any atom is 0.337 e. The van der Waals surface area contributed by atoms with Crippen molar-refractivity contribution in [1.82, 2.24) is 4.90 Å². The average Bonchev–Trinajstić information content (AvgIpc) is 3.04. The molecule has 0 aliphatic carbocycles. The fourth-order valence-corrected chi connectivity index (χ4v) is 2.53. The third-order valence-electron chi connectivity index (χ3n) is 3.68. The minimum Gasteiger partial charge on any atom is -0.493 e. The average molecular weight is 309 g/mol. The molecule has 1 aliphatic rings. The van der Waals surface area contributed by atoms with Crippen LogP contribution in [0.1, 0.15) is 23.2 Å². The van der Waals surface area contributed by atoms with Gasteiger partial charge in [0.05, 0.1) is 19.8 Å². The van der Waals surface area contributed by atoms with Crippen molar-refractivity contribution in [3.05, 3.63) is 23.8 Å². The quantitative estimate of drug-likeness (QED) is 0.766. The lowest BCUT2D eigenvalue weighted by atomic mass is 10.2. The smallest absolute Gasteiger partial charge is 0.337 e. The van der Waals surface area contributed by atoms with Crippen molar-refractivity contribution in [2.45, 2.75) is 18.9 Å². The first-order chi connectivity index (χ1) is 10.6. The lowest BCUT2D eigenvalue weighted by Crippen LogP contribution is -2.33. The minimum atomic E-state index is -0.553. The predicted octanol–water partition coefficient (Wildman–Crippen LogP) is 1.32. The zero-order chi connectivity index (χ0) is 15.9. The van der Waals surface area contributed by atoms with Crippen molar-refractivity contribution in [2.24, 2.45) is 0 Å². The van der Waals surface area contributed by atoms with Crippen LogP contribution < -0.4 is 9.47 Å². The first kappa shape index (κ1) is 16.6. The van der Waals surface area contributed by atoms with Crippen LogP contribution in [0.2, 0.25) is 0 Å². The van der Waals surface area contributed by atoms with Crippen molar-refractivity contribution in [3.63, 3.8) is 0 Å². The summed E-state index contributed by atoms with van der Waals surface area (Å²) in [7, 11) is 2.83. The van der Waals surface area contributed by atoms with Gasteiger partial charge in [0.1, 0.15) is 12.7 Å². The molecule has 0 bridgehead atoms. The Labute approximate surface area is 130 Å². The highest BCUT2D eigenvalue weighted by molar-refractivity contribution is 5.90. The molecule has 1 aliphatic heterocycles. The number of nitrogens with zero attached hydrogens (tertiary/aromatic N) is 1. The molecule has 1 saturated heterocycles. The molecule has 0 radical (unpaired) electrons. The number of hydrogen-bond donors (Lipinski definition) is 1. The predicted molar refractivity (Wildman–Crippen MR) is 81.5 cm³/mol. The Kier molecular flexibility index (Phi) is 6.03. The number of hydrogen-bond acceptors (Lipinski definition) is 6. The highest BCUT2D eigenvalue weighted by Crippen LogP contribution is 2.28. The summed E-state index contributed by atoms with van der Waals surface area (Å²) in [6, 6.07) is 4.82. The number of β-amino-alcohol motifs (C(OH)–C–C–N with tert-alkyl or cyclic N) is 1. The molecule has 1 fully saturated rings. The Morgan fingerprint density at radius 3 is 2.64 bits per heavy atom. The minimum absolute atomic E-state index is 0.185. The van der Waals surface area contributed by atoms with Crippen molar-refractivity contribution < 1.29 is 24.1 Å². The molecule has 0 unspecified atom stereocenters. The summed E-state index contributed by atoms with van der Waals surface area (Å²) in [5.41, 5.74) is 0.393. The van der Waals surface area contributed by atoms with Gasteiger partial charge < -0.3 is 24.2 Å². The van der Waals surface area contributed by atoms with Crippen LogP contribution in [0.5, 0.6) is 11.5 Å². The lowest BCUT2D eigenvalue weighted by Gasteiger charge is -2.20. The SMILES string of the molecule is COC(=O)c1ccc(OC[C@H](O)CN2CCCC2)c(OC)c1. The topological polar surface area (TPSA) is 68.2 Å². The van der Waals surface area contributed by atoms with Crippen LogP contribution in [-0.4, -0.2) is 62.5 Å². The molecule has 122 valence electrons. The van der Waals surface area contributed by atoms with Gasteiger partial charge >= 0.3 is 5.97 Å². The number of aliphatic hydroxyl groups excluding tert-OH is 1. The van der Waals surface area contributed by atoms with E-state index in [1.807, 2.05) is 0 Å². The Balaban J connectivity index is 1.92. The zero-order valence-electron chi connectivity index (χ0n) is 13.1. The van der Waals surface area contributed by atoms with Gasteiger partial charge in [0, 0.05) is 6.54 Å². The molecule has 1 N–H and O–H groups in total. The molecule has 22 heavy (non-hydrogen) atoms. The number of ether oxygens (including phenoxy) is 3. The Hall–Kier alpha value is -1.79. The van der Waals surface area contributed by atoms with Crippen molar-refractivity contribution in [3.8, 4) is 11.5 Å². The standard InChI is InChI=1S/C16H23NO5/c1-20-15-9-12(16(19)21-2)5-6-14(15)22-11-13(18)10-17-7-3-4-8-17/h5-6,9,13,18H,3-4,7-8,10-11H2,1-2H3/t13-/m1/s1. The van der Waals surface area contributed by atoms with Gasteiger partial charge in [-0.2, -0.15) is 0 Å². The van der Waals surface area contributed by atoms with Crippen molar-refractivity contribution >= 4 is 5.97 Å². The van der Waals surface area contributed by atoms with Gasteiger partial charge in [0.25, 0.3) is 0 Å². The van der Waals surface area contributed by atoms with Crippen LogP contribution in [-0.2, 0) is 4.74 Å². The van der Waals surface area contributed by atoms with Gasteiger partial charge in [-0.1, -0.05) is 0 Å². The van der Waals surface area contributed by atoms with Crippen LogP contribution in [0.3, 0.4) is 0 Å². The molecule has 0 spiro atoms. The third-order valence-corrected chi connectivity index (χ3v) is 3.68. The van der Waals surface area contributed by atoms with Gasteiger partial charge in [-0.15, -0.1) is 0 Å². The van der Waals surface area contributed by atoms with Gasteiger partial charge in [-0.25, -0.2) is 4.79 Å². The molecule has 1 aromatic carbocycles. The molecule has 1 atom stereocenters. The second-order valence-corrected chi connectivity index (χ2v) is 5.33. The van der Waals surface area contributed by atoms with E-state index in [4.69, 9.17) is 9.47 Å². The monoisotopic (exact) mass is 309 g/mol. The Bertz CT molecular complexity index is 499. The molecule has 1 aromatic rings. The van der Waals surface area contributed by atoms with Gasteiger partial charge in [0.15, 0.2) is 11.5 Å². The molecule has 2 rings (SSSR count). The maximum atomic E-state index is 11.5. The zero-order valence-corrected chi connectivity index (χ0v) is 13.1. The lowest BCUT2D eigenvalue weighted by molar-refractivity contribution is 0.0599. The summed E-state index contributed by atoms with van der Waals surface area (Å²) in [5, 5.41) is 10.0. The molecule has 0 saturated carbocycles. The van der Waals surface area contributed by atoms with Gasteiger partial charge in [0.2, 0.25) is 0 Å². The first-order valence-corrected chi connectivity index (χ1v) is 7.43. The summed E-state index contributed by atoms with van der Waals surface area (Å²) in [6.07, 6.45) is 1.83. The van der Waals surface area contributed by atoms with E-state index in [0.29, 0.717) is 23.6 Å². The molecule has 6 nitrogen and oxygen atoms in total. The summed E-state index contributed by atoms with van der Waals surface area (Å²) in [5.74, 6) is 0.505. The van der Waals surface area contributed by atoms with Crippen LogP contribution >= 0.6 is 0 Å².